The van der Waals surface area contributed by atoms with Gasteiger partial charge in [-0.05, 0) is 52.3 Å². The number of hydrogen-bond acceptors (Lipinski definition) is 4. The minimum absolute atomic E-state index is 0.00256. The lowest BCUT2D eigenvalue weighted by Gasteiger charge is -2.05. The van der Waals surface area contributed by atoms with Gasteiger partial charge < -0.3 is 10.4 Å². The molecule has 0 saturated carbocycles. The molecule has 2 rings (SSSR count). The fraction of sp³-hybridized carbons (Fsp3) is 0.0625. The lowest BCUT2D eigenvalue weighted by Crippen LogP contribution is -2.34. The van der Waals surface area contributed by atoms with E-state index >= 15 is 0 Å². The van der Waals surface area contributed by atoms with E-state index in [0.717, 1.165) is 4.47 Å². The van der Waals surface area contributed by atoms with Gasteiger partial charge in [0, 0.05) is 20.6 Å². The van der Waals surface area contributed by atoms with E-state index in [4.69, 9.17) is 11.6 Å². The highest BCUT2D eigenvalue weighted by Crippen LogP contribution is 2.30. The van der Waals surface area contributed by atoms with E-state index in [1.165, 1.54) is 6.21 Å². The lowest BCUT2D eigenvalue weighted by molar-refractivity contribution is -0.120. The van der Waals surface area contributed by atoms with Crippen LogP contribution in [0.25, 0.3) is 0 Å². The first kappa shape index (κ1) is 19.4. The maximum atomic E-state index is 11.9. The summed E-state index contributed by atoms with van der Waals surface area (Å²) in [5.74, 6) is -0.909. The minimum atomic E-state index is -0.507. The molecule has 2 amide bonds. The van der Waals surface area contributed by atoms with Crippen LogP contribution in [0.4, 0.5) is 0 Å². The van der Waals surface area contributed by atoms with Crippen LogP contribution in [0.5, 0.6) is 5.75 Å². The van der Waals surface area contributed by atoms with Crippen molar-refractivity contribution in [3.63, 3.8) is 0 Å². The molecule has 3 N–H and O–H groups in total. The van der Waals surface area contributed by atoms with Crippen LogP contribution in [-0.2, 0) is 4.79 Å². The number of phenols is 1. The van der Waals surface area contributed by atoms with Crippen LogP contribution in [0, 0.1) is 0 Å². The second kappa shape index (κ2) is 8.98. The molecule has 0 bridgehead atoms. The summed E-state index contributed by atoms with van der Waals surface area (Å²) in [6, 6.07) is 9.60. The summed E-state index contributed by atoms with van der Waals surface area (Å²) in [4.78, 5) is 23.6. The molecule has 6 nitrogen and oxygen atoms in total. The highest BCUT2D eigenvalue weighted by molar-refractivity contribution is 9.11. The third kappa shape index (κ3) is 5.84. The molecule has 2 aromatic carbocycles. The number of hydrogen-bond donors (Lipinski definition) is 3. The van der Waals surface area contributed by atoms with Crippen LogP contribution >= 0.6 is 43.5 Å². The molecular weight excluding hydrogens is 477 g/mol. The number of aromatic hydroxyl groups is 1. The molecular formula is C16H12Br2ClN3O3. The Balaban J connectivity index is 1.86. The highest BCUT2D eigenvalue weighted by Gasteiger charge is 2.08. The number of nitrogens with zero attached hydrogens (tertiary/aromatic N) is 1. The van der Waals surface area contributed by atoms with E-state index in [1.807, 2.05) is 0 Å². The van der Waals surface area contributed by atoms with Crippen molar-refractivity contribution in [1.82, 2.24) is 10.7 Å². The molecule has 0 fully saturated rings. The third-order valence-corrected chi connectivity index (χ3v) is 4.28. The van der Waals surface area contributed by atoms with Gasteiger partial charge in [-0.3, -0.25) is 9.59 Å². The average molecular weight is 490 g/mol. The predicted octanol–water partition coefficient (Wildman–Crippen LogP) is 3.45. The second-order valence-corrected chi connectivity index (χ2v) is 7.01. The molecule has 0 unspecified atom stereocenters. The van der Waals surface area contributed by atoms with Crippen molar-refractivity contribution in [1.29, 1.82) is 0 Å². The molecule has 0 atom stereocenters. The van der Waals surface area contributed by atoms with Gasteiger partial charge in [-0.25, -0.2) is 5.43 Å². The van der Waals surface area contributed by atoms with Crippen LogP contribution in [0.2, 0.25) is 5.02 Å². The van der Waals surface area contributed by atoms with Crippen molar-refractivity contribution in [3.05, 3.63) is 61.5 Å². The summed E-state index contributed by atoms with van der Waals surface area (Å²) in [6.07, 6.45) is 1.30. The smallest absolute Gasteiger partial charge is 0.259 e. The fourth-order valence-corrected chi connectivity index (χ4v) is 3.15. The van der Waals surface area contributed by atoms with Crippen molar-refractivity contribution >= 4 is 61.5 Å². The van der Waals surface area contributed by atoms with E-state index in [2.05, 4.69) is 47.7 Å². The molecule has 9 heteroatoms. The Kier molecular flexibility index (Phi) is 6.98. The number of phenolic OH excluding ortho intramolecular Hbond substituents is 1. The van der Waals surface area contributed by atoms with Crippen LogP contribution in [0.3, 0.4) is 0 Å². The molecule has 0 radical (unpaired) electrons. The van der Waals surface area contributed by atoms with Gasteiger partial charge in [0.05, 0.1) is 17.2 Å². The van der Waals surface area contributed by atoms with Crippen LogP contribution < -0.4 is 10.7 Å². The first-order valence-electron chi connectivity index (χ1n) is 6.90. The first-order valence-corrected chi connectivity index (χ1v) is 8.87. The highest BCUT2D eigenvalue weighted by atomic mass is 79.9. The Morgan fingerprint density at radius 2 is 1.88 bits per heavy atom. The van der Waals surface area contributed by atoms with Crippen molar-refractivity contribution in [2.45, 2.75) is 0 Å². The lowest BCUT2D eigenvalue weighted by atomic mass is 10.2. The van der Waals surface area contributed by atoms with E-state index in [1.54, 1.807) is 36.4 Å². The zero-order valence-electron chi connectivity index (χ0n) is 12.6. The van der Waals surface area contributed by atoms with E-state index in [-0.39, 0.29) is 12.3 Å². The molecule has 0 aliphatic rings. The monoisotopic (exact) mass is 487 g/mol. The third-order valence-electron chi connectivity index (χ3n) is 2.97. The average Bonchev–Trinajstić information content (AvgIpc) is 2.57. The summed E-state index contributed by atoms with van der Waals surface area (Å²) in [6.45, 7) is -0.243. The van der Waals surface area contributed by atoms with Crippen LogP contribution in [-0.4, -0.2) is 29.7 Å². The molecule has 0 aromatic heterocycles. The number of nitrogens with one attached hydrogen (secondary N) is 2. The standard InChI is InChI=1S/C16H12Br2ClN3O3/c17-11-5-10(15(24)13(18)6-11)7-21-22-14(23)8-20-16(25)9-1-3-12(19)4-2-9/h1-7,24H,8H2,(H,20,25)(H,22,23). The van der Waals surface area contributed by atoms with Gasteiger partial charge in [0.15, 0.2) is 0 Å². The summed E-state index contributed by atoms with van der Waals surface area (Å²) in [5, 5.41) is 16.6. The van der Waals surface area contributed by atoms with E-state index in [9.17, 15) is 14.7 Å². The molecule has 0 saturated heterocycles. The molecule has 0 aliphatic carbocycles. The van der Waals surface area contributed by atoms with Gasteiger partial charge in [-0.1, -0.05) is 27.5 Å². The quantitative estimate of drug-likeness (QED) is 0.444. The van der Waals surface area contributed by atoms with Gasteiger partial charge in [0.2, 0.25) is 0 Å². The first-order chi connectivity index (χ1) is 11.9. The Labute approximate surface area is 165 Å². The molecule has 130 valence electrons. The van der Waals surface area contributed by atoms with Crippen molar-refractivity contribution < 1.29 is 14.7 Å². The largest absolute Gasteiger partial charge is 0.506 e. The predicted molar refractivity (Wildman–Crippen MR) is 103 cm³/mol. The van der Waals surface area contributed by atoms with Crippen molar-refractivity contribution in [2.24, 2.45) is 5.10 Å². The number of rotatable bonds is 5. The number of amides is 2. The van der Waals surface area contributed by atoms with Crippen LogP contribution in [0.1, 0.15) is 15.9 Å². The molecule has 25 heavy (non-hydrogen) atoms. The SMILES string of the molecule is O=C(CNC(=O)c1ccc(Cl)cc1)NN=Cc1cc(Br)cc(Br)c1O. The van der Waals surface area contributed by atoms with Gasteiger partial charge in [0.25, 0.3) is 11.8 Å². The molecule has 2 aromatic rings. The molecule has 0 heterocycles. The molecule has 0 aliphatic heterocycles. The summed E-state index contributed by atoms with van der Waals surface area (Å²) in [5.41, 5.74) is 3.07. The topological polar surface area (TPSA) is 90.8 Å². The van der Waals surface area contributed by atoms with Crippen LogP contribution in [0.15, 0.2) is 50.4 Å². The summed E-state index contributed by atoms with van der Waals surface area (Å²) >= 11 is 12.2. The Morgan fingerprint density at radius 3 is 2.56 bits per heavy atom. The zero-order valence-corrected chi connectivity index (χ0v) is 16.5. The Morgan fingerprint density at radius 1 is 1.20 bits per heavy atom. The van der Waals surface area contributed by atoms with Gasteiger partial charge in [-0.2, -0.15) is 5.10 Å². The maximum absolute atomic E-state index is 11.9. The fourth-order valence-electron chi connectivity index (χ4n) is 1.76. The second-order valence-electron chi connectivity index (χ2n) is 4.81. The Bertz CT molecular complexity index is 826. The summed E-state index contributed by atoms with van der Waals surface area (Å²) < 4.78 is 1.23. The number of carbonyl (C=O) groups excluding carboxylic acids is 2. The minimum Gasteiger partial charge on any atom is -0.506 e. The zero-order chi connectivity index (χ0) is 18.4. The number of carbonyl (C=O) groups is 2. The van der Waals surface area contributed by atoms with Gasteiger partial charge in [-0.15, -0.1) is 0 Å². The normalized spacial score (nSPS) is 10.7. The number of halogens is 3. The van der Waals surface area contributed by atoms with E-state index in [0.29, 0.717) is 20.6 Å². The number of benzene rings is 2. The van der Waals surface area contributed by atoms with E-state index < -0.39 is 11.8 Å². The van der Waals surface area contributed by atoms with Crippen molar-refractivity contribution in [2.75, 3.05) is 6.54 Å². The number of hydrazone groups is 1. The maximum Gasteiger partial charge on any atom is 0.259 e. The summed E-state index contributed by atoms with van der Waals surface area (Å²) in [7, 11) is 0. The Hall–Kier alpha value is -1.90. The van der Waals surface area contributed by atoms with Gasteiger partial charge >= 0.3 is 0 Å². The van der Waals surface area contributed by atoms with Crippen molar-refractivity contribution in [3.8, 4) is 5.75 Å². The van der Waals surface area contributed by atoms with Gasteiger partial charge in [0.1, 0.15) is 5.75 Å². The molecule has 0 spiro atoms.